The molecule has 3 aromatic heterocycles. The molecule has 0 aliphatic rings. The molecule has 0 radical (unpaired) electrons. The molecule has 0 aromatic carbocycles. The van der Waals surface area contributed by atoms with Gasteiger partial charge in [-0.2, -0.15) is 0 Å². The van der Waals surface area contributed by atoms with E-state index in [9.17, 15) is 4.39 Å². The lowest BCUT2D eigenvalue weighted by molar-refractivity contribution is 0.406. The molecule has 3 N–H and O–H groups in total. The lowest BCUT2D eigenvalue weighted by Gasteiger charge is -2.06. The third-order valence-electron chi connectivity index (χ3n) is 3.07. The number of pyridine rings is 1. The lowest BCUT2D eigenvalue weighted by atomic mass is 10.2. The van der Waals surface area contributed by atoms with Crippen LogP contribution in [0.3, 0.4) is 0 Å². The van der Waals surface area contributed by atoms with Gasteiger partial charge in [-0.3, -0.25) is 0 Å². The van der Waals surface area contributed by atoms with Crippen molar-refractivity contribution >= 4 is 55.7 Å². The minimum Gasteiger partial charge on any atom is -0.456 e. The van der Waals surface area contributed by atoms with Crippen LogP contribution < -0.4 is 11.1 Å². The molecule has 0 aliphatic heterocycles. The van der Waals surface area contributed by atoms with Crippen LogP contribution in [0.4, 0.5) is 10.1 Å². The van der Waals surface area contributed by atoms with Gasteiger partial charge in [-0.15, -0.1) is 11.3 Å². The fraction of sp³-hybridized carbons (Fsp3) is 0.267. The van der Waals surface area contributed by atoms with Crippen molar-refractivity contribution in [1.82, 2.24) is 4.98 Å². The topological polar surface area (TPSA) is 64.1 Å². The molecule has 4 nitrogen and oxygen atoms in total. The van der Waals surface area contributed by atoms with Gasteiger partial charge in [0.2, 0.25) is 0 Å². The molecule has 3 heterocycles. The zero-order valence-electron chi connectivity index (χ0n) is 13.8. The molecule has 122 valence electrons. The number of rotatable bonds is 6. The average Bonchev–Trinajstić information content (AvgIpc) is 3.20. The van der Waals surface area contributed by atoms with Gasteiger partial charge in [0.1, 0.15) is 23.1 Å². The van der Waals surface area contributed by atoms with Crippen molar-refractivity contribution in [3.05, 3.63) is 43.8 Å². The SMILES string of the molecule is [2H]C([2H])(c1oc2c(NCc3cccs3)cc(Cl)nc2c1Br)[C@@H](N)CF. The second-order valence-electron chi connectivity index (χ2n) is 4.75. The summed E-state index contributed by atoms with van der Waals surface area (Å²) >= 11 is 11.0. The number of hydrogen-bond acceptors (Lipinski definition) is 5. The second kappa shape index (κ2) is 7.17. The number of anilines is 1. The van der Waals surface area contributed by atoms with E-state index in [4.69, 9.17) is 24.5 Å². The largest absolute Gasteiger partial charge is 0.456 e. The first kappa shape index (κ1) is 14.2. The molecule has 3 aromatic rings. The van der Waals surface area contributed by atoms with Gasteiger partial charge < -0.3 is 15.5 Å². The van der Waals surface area contributed by atoms with Crippen LogP contribution in [0.5, 0.6) is 0 Å². The van der Waals surface area contributed by atoms with Crippen molar-refractivity contribution in [3.63, 3.8) is 0 Å². The molecule has 0 aliphatic carbocycles. The maximum atomic E-state index is 12.9. The monoisotopic (exact) mass is 419 g/mol. The summed E-state index contributed by atoms with van der Waals surface area (Å²) in [4.78, 5) is 5.30. The normalized spacial score (nSPS) is 14.6. The summed E-state index contributed by atoms with van der Waals surface area (Å²) in [7, 11) is 0. The first-order valence-corrected chi connectivity index (χ1v) is 8.76. The highest BCUT2D eigenvalue weighted by Crippen LogP contribution is 2.36. The van der Waals surface area contributed by atoms with E-state index in [-0.39, 0.29) is 15.4 Å². The van der Waals surface area contributed by atoms with Gasteiger partial charge in [0.25, 0.3) is 0 Å². The number of alkyl halides is 1. The fourth-order valence-electron chi connectivity index (χ4n) is 2.04. The lowest BCUT2D eigenvalue weighted by Crippen LogP contribution is -2.24. The molecule has 3 rings (SSSR count). The Morgan fingerprint density at radius 1 is 1.61 bits per heavy atom. The molecule has 23 heavy (non-hydrogen) atoms. The van der Waals surface area contributed by atoms with Crippen LogP contribution in [0.2, 0.25) is 5.15 Å². The number of hydrogen-bond donors (Lipinski definition) is 2. The standard InChI is InChI=1S/C15H14BrClFN3OS/c16-13-11(4-8(19)6-18)22-15-10(5-12(17)21-14(13)15)20-7-9-2-1-3-23-9/h1-3,5,8H,4,6-7,19H2,(H,20,21)/t8-/m1/s1/i4D2. The van der Waals surface area contributed by atoms with E-state index in [0.717, 1.165) is 4.88 Å². The van der Waals surface area contributed by atoms with Crippen LogP contribution in [0.1, 0.15) is 13.4 Å². The summed E-state index contributed by atoms with van der Waals surface area (Å²) in [6.07, 6.45) is -2.20. The van der Waals surface area contributed by atoms with Crippen LogP contribution >= 0.6 is 38.9 Å². The smallest absolute Gasteiger partial charge is 0.177 e. The van der Waals surface area contributed by atoms with Gasteiger partial charge in [0, 0.05) is 32.6 Å². The Labute approximate surface area is 152 Å². The maximum Gasteiger partial charge on any atom is 0.177 e. The Balaban J connectivity index is 2.05. The van der Waals surface area contributed by atoms with Gasteiger partial charge in [-0.05, 0) is 27.4 Å². The molecule has 0 unspecified atom stereocenters. The van der Waals surface area contributed by atoms with Crippen molar-refractivity contribution in [2.24, 2.45) is 5.73 Å². The first-order chi connectivity index (χ1) is 11.8. The minimum absolute atomic E-state index is 0.110. The minimum atomic E-state index is -2.20. The molecular formula is C15H14BrClFN3OS. The molecule has 0 bridgehead atoms. The summed E-state index contributed by atoms with van der Waals surface area (Å²) in [5.74, 6) is -0.110. The van der Waals surface area contributed by atoms with E-state index in [2.05, 4.69) is 26.2 Å². The van der Waals surface area contributed by atoms with Gasteiger partial charge in [-0.1, -0.05) is 17.7 Å². The van der Waals surface area contributed by atoms with Crippen LogP contribution in [-0.4, -0.2) is 17.7 Å². The van der Waals surface area contributed by atoms with E-state index in [1.54, 1.807) is 17.4 Å². The summed E-state index contributed by atoms with van der Waals surface area (Å²) in [6.45, 7) is -0.466. The predicted molar refractivity (Wildman–Crippen MR) is 96.0 cm³/mol. The number of nitrogens with zero attached hydrogens (tertiary/aromatic N) is 1. The average molecular weight is 421 g/mol. The third-order valence-corrected chi connectivity index (χ3v) is 4.87. The van der Waals surface area contributed by atoms with E-state index < -0.39 is 19.1 Å². The Bertz CT molecular complexity index is 891. The quantitative estimate of drug-likeness (QED) is 0.565. The van der Waals surface area contributed by atoms with Crippen LogP contribution in [0.15, 0.2) is 32.5 Å². The molecule has 8 heteroatoms. The van der Waals surface area contributed by atoms with E-state index >= 15 is 0 Å². The van der Waals surface area contributed by atoms with Gasteiger partial charge in [-0.25, -0.2) is 9.37 Å². The van der Waals surface area contributed by atoms with Gasteiger partial charge in [0.15, 0.2) is 5.58 Å². The molecule has 1 atom stereocenters. The number of furan rings is 1. The van der Waals surface area contributed by atoms with Gasteiger partial charge in [0.05, 0.1) is 10.2 Å². The number of nitrogens with one attached hydrogen (secondary N) is 1. The van der Waals surface area contributed by atoms with Crippen LogP contribution in [0, 0.1) is 0 Å². The van der Waals surface area contributed by atoms with Crippen molar-refractivity contribution in [3.8, 4) is 0 Å². The molecule has 0 amide bonds. The summed E-state index contributed by atoms with van der Waals surface area (Å²) in [6, 6.07) is 4.18. The van der Waals surface area contributed by atoms with E-state index in [1.165, 1.54) is 0 Å². The van der Waals surface area contributed by atoms with Gasteiger partial charge >= 0.3 is 0 Å². The zero-order chi connectivity index (χ0) is 18.2. The zero-order valence-corrected chi connectivity index (χ0v) is 14.9. The molecule has 0 spiro atoms. The Kier molecular flexibility index (Phi) is 4.43. The predicted octanol–water partition coefficient (Wildman–Crippen LogP) is 4.76. The van der Waals surface area contributed by atoms with E-state index in [0.29, 0.717) is 23.3 Å². The first-order valence-electron chi connectivity index (χ1n) is 7.71. The number of nitrogens with two attached hydrogens (primary N) is 1. The van der Waals surface area contributed by atoms with Crippen molar-refractivity contribution in [1.29, 1.82) is 0 Å². The Hall–Kier alpha value is -1.15. The molecular weight excluding hydrogens is 405 g/mol. The number of halogens is 3. The van der Waals surface area contributed by atoms with Crippen molar-refractivity contribution < 1.29 is 11.5 Å². The number of fused-ring (bicyclic) bond motifs is 1. The summed E-state index contributed by atoms with van der Waals surface area (Å²) in [5.41, 5.74) is 6.83. The molecule has 0 saturated heterocycles. The fourth-order valence-corrected chi connectivity index (χ4v) is 3.34. The van der Waals surface area contributed by atoms with Crippen molar-refractivity contribution in [2.45, 2.75) is 19.0 Å². The second-order valence-corrected chi connectivity index (χ2v) is 6.97. The maximum absolute atomic E-state index is 12.9. The Morgan fingerprint density at radius 3 is 3.13 bits per heavy atom. The highest BCUT2D eigenvalue weighted by Gasteiger charge is 2.19. The highest BCUT2D eigenvalue weighted by molar-refractivity contribution is 9.10. The Morgan fingerprint density at radius 2 is 2.43 bits per heavy atom. The highest BCUT2D eigenvalue weighted by atomic mass is 79.9. The van der Waals surface area contributed by atoms with Crippen LogP contribution in [0.25, 0.3) is 11.1 Å². The summed E-state index contributed by atoms with van der Waals surface area (Å²) in [5, 5.41) is 5.41. The van der Waals surface area contributed by atoms with E-state index in [1.807, 2.05) is 17.5 Å². The number of thiophene rings is 1. The van der Waals surface area contributed by atoms with Crippen molar-refractivity contribution in [2.75, 3.05) is 12.0 Å². The third kappa shape index (κ3) is 3.68. The molecule has 0 saturated carbocycles. The van der Waals surface area contributed by atoms with Crippen LogP contribution in [-0.2, 0) is 12.9 Å². The molecule has 0 fully saturated rings. The number of aromatic nitrogens is 1. The summed E-state index contributed by atoms with van der Waals surface area (Å²) < 4.78 is 35.0.